The molecule has 3 nitrogen and oxygen atoms in total. The number of amidine groups is 1. The van der Waals surface area contributed by atoms with Crippen molar-refractivity contribution in [2.24, 2.45) is 10.7 Å². The summed E-state index contributed by atoms with van der Waals surface area (Å²) in [7, 11) is 0. The molecule has 0 saturated carbocycles. The number of aliphatic hydroxyl groups is 1. The van der Waals surface area contributed by atoms with Gasteiger partial charge in [-0.25, -0.2) is 0 Å². The Morgan fingerprint density at radius 3 is 2.71 bits per heavy atom. The number of rotatable bonds is 0. The average molecular weight is 98.1 g/mol. The first kappa shape index (κ1) is 4.18. The maximum atomic E-state index is 8.57. The van der Waals surface area contributed by atoms with E-state index in [9.17, 15) is 0 Å². The van der Waals surface area contributed by atoms with E-state index in [1.165, 1.54) is 6.08 Å². The number of aliphatic hydroxyl groups excluding tert-OH is 1. The van der Waals surface area contributed by atoms with Gasteiger partial charge in [-0.1, -0.05) is 0 Å². The lowest BCUT2D eigenvalue weighted by atomic mass is 10.5. The summed E-state index contributed by atoms with van der Waals surface area (Å²) >= 11 is 0. The van der Waals surface area contributed by atoms with E-state index in [-0.39, 0.29) is 5.76 Å². The van der Waals surface area contributed by atoms with Crippen LogP contribution in [0.5, 0.6) is 0 Å². The minimum absolute atomic E-state index is 0.248. The molecular formula is C4H6N2O. The van der Waals surface area contributed by atoms with E-state index in [2.05, 4.69) is 4.99 Å². The molecule has 0 aromatic heterocycles. The molecule has 0 aliphatic carbocycles. The summed E-state index contributed by atoms with van der Waals surface area (Å²) in [5.41, 5.74) is 5.14. The summed E-state index contributed by atoms with van der Waals surface area (Å²) in [6.07, 6.45) is 1.44. The first-order valence-corrected chi connectivity index (χ1v) is 1.98. The fraction of sp³-hybridized carbons (Fsp3) is 0.250. The highest BCUT2D eigenvalue weighted by Crippen LogP contribution is 1.95. The molecule has 3 N–H and O–H groups in total. The van der Waals surface area contributed by atoms with E-state index >= 15 is 0 Å². The SMILES string of the molecule is NC1=NCC(O)=C1. The minimum atomic E-state index is 0.248. The largest absolute Gasteiger partial charge is 0.510 e. The highest BCUT2D eigenvalue weighted by molar-refractivity contribution is 5.93. The third kappa shape index (κ3) is 0.707. The molecule has 1 aliphatic rings. The van der Waals surface area contributed by atoms with E-state index < -0.39 is 0 Å². The monoisotopic (exact) mass is 98.0 g/mol. The summed E-state index contributed by atoms with van der Waals surface area (Å²) in [4.78, 5) is 3.67. The van der Waals surface area contributed by atoms with Gasteiger partial charge >= 0.3 is 0 Å². The standard InChI is InChI=1S/C4H6N2O/c5-4-1-3(7)2-6-4/h1,7H,2H2,(H2,5,6). The van der Waals surface area contributed by atoms with Gasteiger partial charge < -0.3 is 10.8 Å². The van der Waals surface area contributed by atoms with Crippen LogP contribution in [0.3, 0.4) is 0 Å². The van der Waals surface area contributed by atoms with Crippen LogP contribution >= 0.6 is 0 Å². The maximum Gasteiger partial charge on any atom is 0.122 e. The third-order valence-corrected chi connectivity index (χ3v) is 0.738. The van der Waals surface area contributed by atoms with Gasteiger partial charge in [-0.3, -0.25) is 4.99 Å². The molecule has 0 saturated heterocycles. The van der Waals surface area contributed by atoms with E-state index in [1.54, 1.807) is 0 Å². The molecule has 1 heterocycles. The zero-order valence-corrected chi connectivity index (χ0v) is 3.76. The Balaban J connectivity index is 2.69. The number of aliphatic imine (C=N–C) groups is 1. The van der Waals surface area contributed by atoms with E-state index in [0.29, 0.717) is 12.4 Å². The lowest BCUT2D eigenvalue weighted by Crippen LogP contribution is -2.03. The molecule has 1 aliphatic heterocycles. The Labute approximate surface area is 41.2 Å². The number of nitrogens with zero attached hydrogens (tertiary/aromatic N) is 1. The zero-order valence-electron chi connectivity index (χ0n) is 3.76. The van der Waals surface area contributed by atoms with E-state index in [1.807, 2.05) is 0 Å². The number of nitrogens with two attached hydrogens (primary N) is 1. The minimum Gasteiger partial charge on any atom is -0.510 e. The highest BCUT2D eigenvalue weighted by atomic mass is 16.3. The lowest BCUT2D eigenvalue weighted by molar-refractivity contribution is 0.408. The molecule has 0 bridgehead atoms. The van der Waals surface area contributed by atoms with Crippen molar-refractivity contribution in [3.63, 3.8) is 0 Å². The van der Waals surface area contributed by atoms with Gasteiger partial charge in [0.15, 0.2) is 0 Å². The van der Waals surface area contributed by atoms with Crippen molar-refractivity contribution in [1.29, 1.82) is 0 Å². The van der Waals surface area contributed by atoms with Crippen LogP contribution in [0.4, 0.5) is 0 Å². The van der Waals surface area contributed by atoms with Crippen molar-refractivity contribution in [2.75, 3.05) is 6.54 Å². The Hall–Kier alpha value is -0.990. The molecule has 0 fully saturated rings. The van der Waals surface area contributed by atoms with Gasteiger partial charge in [0, 0.05) is 6.08 Å². The summed E-state index contributed by atoms with van der Waals surface area (Å²) in [5, 5.41) is 8.57. The van der Waals surface area contributed by atoms with Crippen molar-refractivity contribution in [1.82, 2.24) is 0 Å². The van der Waals surface area contributed by atoms with Crippen LogP contribution in [-0.4, -0.2) is 17.5 Å². The quantitative estimate of drug-likeness (QED) is 0.440. The molecule has 0 aromatic carbocycles. The Kier molecular flexibility index (Phi) is 0.749. The van der Waals surface area contributed by atoms with Crippen molar-refractivity contribution >= 4 is 5.84 Å². The van der Waals surface area contributed by atoms with Crippen LogP contribution in [0.15, 0.2) is 16.8 Å². The molecular weight excluding hydrogens is 92.1 g/mol. The second-order valence-corrected chi connectivity index (χ2v) is 1.38. The van der Waals surface area contributed by atoms with Crippen LogP contribution in [0.1, 0.15) is 0 Å². The summed E-state index contributed by atoms with van der Waals surface area (Å²) in [5.74, 6) is 0.662. The summed E-state index contributed by atoms with van der Waals surface area (Å²) in [6.45, 7) is 0.353. The van der Waals surface area contributed by atoms with Gasteiger partial charge in [0.2, 0.25) is 0 Å². The topological polar surface area (TPSA) is 58.6 Å². The molecule has 1 rings (SSSR count). The zero-order chi connectivity index (χ0) is 5.28. The third-order valence-electron chi connectivity index (χ3n) is 0.738. The van der Waals surface area contributed by atoms with Gasteiger partial charge in [0.05, 0.1) is 6.54 Å². The van der Waals surface area contributed by atoms with Crippen molar-refractivity contribution in [3.05, 3.63) is 11.8 Å². The van der Waals surface area contributed by atoms with Crippen molar-refractivity contribution < 1.29 is 5.11 Å². The predicted octanol–water partition coefficient (Wildman–Crippen LogP) is -0.201. The second kappa shape index (κ2) is 1.26. The molecule has 0 radical (unpaired) electrons. The fourth-order valence-electron chi connectivity index (χ4n) is 0.434. The Morgan fingerprint density at radius 1 is 1.86 bits per heavy atom. The molecule has 0 atom stereocenters. The van der Waals surface area contributed by atoms with Crippen molar-refractivity contribution in [3.8, 4) is 0 Å². The van der Waals surface area contributed by atoms with Crippen molar-refractivity contribution in [2.45, 2.75) is 0 Å². The Morgan fingerprint density at radius 2 is 2.57 bits per heavy atom. The van der Waals surface area contributed by atoms with E-state index in [4.69, 9.17) is 10.8 Å². The Bertz CT molecular complexity index is 137. The average Bonchev–Trinajstić information content (AvgIpc) is 1.87. The molecule has 3 heteroatoms. The van der Waals surface area contributed by atoms with E-state index in [0.717, 1.165) is 0 Å². The normalized spacial score (nSPS) is 18.9. The van der Waals surface area contributed by atoms with Gasteiger partial charge in [0.1, 0.15) is 11.6 Å². The maximum absolute atomic E-state index is 8.57. The van der Waals surface area contributed by atoms with Gasteiger partial charge in [0.25, 0.3) is 0 Å². The van der Waals surface area contributed by atoms with Crippen LogP contribution in [0, 0.1) is 0 Å². The fourth-order valence-corrected chi connectivity index (χ4v) is 0.434. The first-order chi connectivity index (χ1) is 3.29. The lowest BCUT2D eigenvalue weighted by Gasteiger charge is -1.77. The number of hydrogen-bond donors (Lipinski definition) is 2. The summed E-state index contributed by atoms with van der Waals surface area (Å²) in [6, 6.07) is 0. The smallest absolute Gasteiger partial charge is 0.122 e. The number of hydrogen-bond acceptors (Lipinski definition) is 3. The molecule has 0 amide bonds. The van der Waals surface area contributed by atoms with Gasteiger partial charge in [-0.05, 0) is 0 Å². The van der Waals surface area contributed by atoms with Crippen LogP contribution < -0.4 is 5.73 Å². The first-order valence-electron chi connectivity index (χ1n) is 1.98. The van der Waals surface area contributed by atoms with Gasteiger partial charge in [-0.2, -0.15) is 0 Å². The van der Waals surface area contributed by atoms with Crippen LogP contribution in [0.2, 0.25) is 0 Å². The highest BCUT2D eigenvalue weighted by Gasteiger charge is 1.99. The van der Waals surface area contributed by atoms with Crippen LogP contribution in [-0.2, 0) is 0 Å². The molecule has 7 heavy (non-hydrogen) atoms. The van der Waals surface area contributed by atoms with Gasteiger partial charge in [-0.15, -0.1) is 0 Å². The van der Waals surface area contributed by atoms with Crippen LogP contribution in [0.25, 0.3) is 0 Å². The molecule has 0 aromatic rings. The molecule has 0 spiro atoms. The molecule has 38 valence electrons. The summed E-state index contributed by atoms with van der Waals surface area (Å²) < 4.78 is 0. The molecule has 0 unspecified atom stereocenters. The second-order valence-electron chi connectivity index (χ2n) is 1.38. The predicted molar refractivity (Wildman–Crippen MR) is 27.2 cm³/mol.